The van der Waals surface area contributed by atoms with Crippen LogP contribution in [0.5, 0.6) is 0 Å². The first-order chi connectivity index (χ1) is 10.3. The van der Waals surface area contributed by atoms with Crippen LogP contribution in [0.3, 0.4) is 0 Å². The third-order valence-corrected chi connectivity index (χ3v) is 4.77. The van der Waals surface area contributed by atoms with Gasteiger partial charge in [0.05, 0.1) is 12.5 Å². The molecular formula is C17H20N2OS. The maximum atomic E-state index is 12.9. The van der Waals surface area contributed by atoms with E-state index in [9.17, 15) is 4.79 Å². The zero-order chi connectivity index (χ0) is 14.7. The van der Waals surface area contributed by atoms with E-state index in [2.05, 4.69) is 11.4 Å². The second kappa shape index (κ2) is 6.41. The van der Waals surface area contributed by atoms with E-state index in [0.717, 1.165) is 18.4 Å². The van der Waals surface area contributed by atoms with Crippen molar-refractivity contribution in [2.75, 3.05) is 6.54 Å². The molecule has 1 heterocycles. The van der Waals surface area contributed by atoms with Crippen LogP contribution in [0.15, 0.2) is 47.8 Å². The summed E-state index contributed by atoms with van der Waals surface area (Å²) in [5.41, 5.74) is 6.91. The van der Waals surface area contributed by atoms with E-state index in [-0.39, 0.29) is 11.8 Å². The molecule has 1 saturated carbocycles. The van der Waals surface area contributed by atoms with Gasteiger partial charge in [0.2, 0.25) is 5.91 Å². The molecule has 1 unspecified atom stereocenters. The predicted octanol–water partition coefficient (Wildman–Crippen LogP) is 2.98. The van der Waals surface area contributed by atoms with Crippen molar-refractivity contribution in [3.8, 4) is 0 Å². The number of hydrogen-bond donors (Lipinski definition) is 1. The summed E-state index contributed by atoms with van der Waals surface area (Å²) in [5.74, 6) is -0.0636. The number of nitrogens with zero attached hydrogens (tertiary/aromatic N) is 1. The van der Waals surface area contributed by atoms with Crippen molar-refractivity contribution in [3.05, 3.63) is 58.3 Å². The minimum atomic E-state index is -0.230. The Balaban J connectivity index is 1.79. The Kier molecular flexibility index (Phi) is 4.36. The first-order valence-corrected chi connectivity index (χ1v) is 8.25. The maximum absolute atomic E-state index is 12.9. The normalized spacial score (nSPS) is 15.7. The number of hydrogen-bond acceptors (Lipinski definition) is 3. The molecule has 1 aromatic carbocycles. The second-order valence-electron chi connectivity index (χ2n) is 5.48. The lowest BCUT2D eigenvalue weighted by Crippen LogP contribution is -2.38. The first kappa shape index (κ1) is 14.3. The van der Waals surface area contributed by atoms with Crippen LogP contribution in [-0.4, -0.2) is 23.4 Å². The molecule has 0 bridgehead atoms. The van der Waals surface area contributed by atoms with Crippen LogP contribution >= 0.6 is 11.3 Å². The van der Waals surface area contributed by atoms with Crippen molar-refractivity contribution < 1.29 is 4.79 Å². The van der Waals surface area contributed by atoms with Gasteiger partial charge in [-0.1, -0.05) is 36.4 Å². The van der Waals surface area contributed by atoms with Crippen LogP contribution in [0.1, 0.15) is 29.2 Å². The predicted molar refractivity (Wildman–Crippen MR) is 86.1 cm³/mol. The summed E-state index contributed by atoms with van der Waals surface area (Å²) < 4.78 is 0. The van der Waals surface area contributed by atoms with E-state index in [0.29, 0.717) is 19.1 Å². The van der Waals surface area contributed by atoms with Gasteiger partial charge < -0.3 is 10.6 Å². The van der Waals surface area contributed by atoms with Crippen molar-refractivity contribution in [1.29, 1.82) is 0 Å². The van der Waals surface area contributed by atoms with Crippen molar-refractivity contribution in [1.82, 2.24) is 4.90 Å². The topological polar surface area (TPSA) is 46.3 Å². The Bertz CT molecular complexity index is 578. The van der Waals surface area contributed by atoms with Crippen LogP contribution in [-0.2, 0) is 11.3 Å². The lowest BCUT2D eigenvalue weighted by atomic mass is 9.97. The van der Waals surface area contributed by atoms with Gasteiger partial charge in [0.25, 0.3) is 0 Å². The summed E-state index contributed by atoms with van der Waals surface area (Å²) in [5, 5.41) is 2.06. The zero-order valence-electron chi connectivity index (χ0n) is 11.9. The Hall–Kier alpha value is -1.65. The lowest BCUT2D eigenvalue weighted by Gasteiger charge is -2.26. The van der Waals surface area contributed by atoms with Crippen molar-refractivity contribution in [3.63, 3.8) is 0 Å². The summed E-state index contributed by atoms with van der Waals surface area (Å²) >= 11 is 1.70. The highest BCUT2D eigenvalue weighted by Crippen LogP contribution is 2.32. The van der Waals surface area contributed by atoms with Crippen molar-refractivity contribution in [2.24, 2.45) is 5.73 Å². The summed E-state index contributed by atoms with van der Waals surface area (Å²) in [4.78, 5) is 16.2. The Morgan fingerprint density at radius 2 is 2.00 bits per heavy atom. The van der Waals surface area contributed by atoms with E-state index in [1.54, 1.807) is 11.3 Å². The molecule has 1 aliphatic rings. The fourth-order valence-corrected chi connectivity index (χ4v) is 3.31. The molecule has 1 fully saturated rings. The van der Waals surface area contributed by atoms with Crippen LogP contribution in [0.25, 0.3) is 0 Å². The average Bonchev–Trinajstić information content (AvgIpc) is 3.23. The second-order valence-corrected chi connectivity index (χ2v) is 6.51. The summed E-state index contributed by atoms with van der Waals surface area (Å²) in [6, 6.07) is 14.4. The van der Waals surface area contributed by atoms with Gasteiger partial charge in [0, 0.05) is 17.5 Å². The third kappa shape index (κ3) is 3.34. The average molecular weight is 300 g/mol. The number of benzene rings is 1. The summed E-state index contributed by atoms with van der Waals surface area (Å²) in [7, 11) is 0. The third-order valence-electron chi connectivity index (χ3n) is 3.91. The number of carbonyl (C=O) groups excluding carboxylic acids is 1. The number of carbonyl (C=O) groups is 1. The minimum absolute atomic E-state index is 0.166. The summed E-state index contributed by atoms with van der Waals surface area (Å²) in [6.45, 7) is 1.07. The van der Waals surface area contributed by atoms with Crippen LogP contribution in [0.4, 0.5) is 0 Å². The van der Waals surface area contributed by atoms with E-state index < -0.39 is 0 Å². The zero-order valence-corrected chi connectivity index (χ0v) is 12.8. The van der Waals surface area contributed by atoms with Gasteiger partial charge in [0.15, 0.2) is 0 Å². The van der Waals surface area contributed by atoms with E-state index >= 15 is 0 Å². The molecule has 2 aromatic rings. The SMILES string of the molecule is NCC(C(=O)N(Cc1cccs1)C1CC1)c1ccccc1. The molecule has 3 rings (SSSR count). The molecule has 1 atom stereocenters. The van der Waals surface area contributed by atoms with E-state index in [4.69, 9.17) is 5.73 Å². The summed E-state index contributed by atoms with van der Waals surface area (Å²) in [6.07, 6.45) is 2.23. The highest BCUT2D eigenvalue weighted by atomic mass is 32.1. The van der Waals surface area contributed by atoms with Gasteiger partial charge >= 0.3 is 0 Å². The van der Waals surface area contributed by atoms with Crippen molar-refractivity contribution >= 4 is 17.2 Å². The number of nitrogens with two attached hydrogens (primary N) is 1. The van der Waals surface area contributed by atoms with Gasteiger partial charge in [-0.25, -0.2) is 0 Å². The van der Waals surface area contributed by atoms with Gasteiger partial charge in [-0.2, -0.15) is 0 Å². The van der Waals surface area contributed by atoms with Crippen molar-refractivity contribution in [2.45, 2.75) is 31.3 Å². The fourth-order valence-electron chi connectivity index (χ4n) is 2.61. The number of rotatable bonds is 6. The molecule has 0 aliphatic heterocycles. The quantitative estimate of drug-likeness (QED) is 0.891. The Labute approximate surface area is 129 Å². The van der Waals surface area contributed by atoms with E-state index in [1.807, 2.05) is 41.3 Å². The monoisotopic (exact) mass is 300 g/mol. The van der Waals surface area contributed by atoms with E-state index in [1.165, 1.54) is 4.88 Å². The van der Waals surface area contributed by atoms with Gasteiger partial charge in [0.1, 0.15) is 0 Å². The molecule has 110 valence electrons. The highest BCUT2D eigenvalue weighted by molar-refractivity contribution is 7.09. The highest BCUT2D eigenvalue weighted by Gasteiger charge is 2.36. The molecule has 4 heteroatoms. The lowest BCUT2D eigenvalue weighted by molar-refractivity contribution is -0.133. The molecule has 1 aliphatic carbocycles. The molecule has 3 nitrogen and oxygen atoms in total. The molecule has 0 saturated heterocycles. The van der Waals surface area contributed by atoms with Crippen LogP contribution in [0, 0.1) is 0 Å². The number of amides is 1. The minimum Gasteiger partial charge on any atom is -0.334 e. The van der Waals surface area contributed by atoms with Gasteiger partial charge in [-0.15, -0.1) is 11.3 Å². The molecule has 0 radical (unpaired) electrons. The van der Waals surface area contributed by atoms with Gasteiger partial charge in [-0.05, 0) is 29.9 Å². The molecule has 1 amide bonds. The Morgan fingerprint density at radius 1 is 1.24 bits per heavy atom. The largest absolute Gasteiger partial charge is 0.334 e. The fraction of sp³-hybridized carbons (Fsp3) is 0.353. The van der Waals surface area contributed by atoms with Crippen LogP contribution < -0.4 is 5.73 Å². The van der Waals surface area contributed by atoms with Gasteiger partial charge in [-0.3, -0.25) is 4.79 Å². The maximum Gasteiger partial charge on any atom is 0.231 e. The van der Waals surface area contributed by atoms with Crippen LogP contribution in [0.2, 0.25) is 0 Å². The molecular weight excluding hydrogens is 280 g/mol. The standard InChI is InChI=1S/C17H20N2OS/c18-11-16(13-5-2-1-3-6-13)17(20)19(14-8-9-14)12-15-7-4-10-21-15/h1-7,10,14,16H,8-9,11-12,18H2. The number of thiophene rings is 1. The molecule has 0 spiro atoms. The Morgan fingerprint density at radius 3 is 2.57 bits per heavy atom. The molecule has 2 N–H and O–H groups in total. The molecule has 21 heavy (non-hydrogen) atoms. The molecule has 1 aromatic heterocycles. The first-order valence-electron chi connectivity index (χ1n) is 7.37. The smallest absolute Gasteiger partial charge is 0.231 e.